The Balaban J connectivity index is 2.89. The molecule has 0 atom stereocenters. The van der Waals surface area contributed by atoms with Crippen molar-refractivity contribution in [2.45, 2.75) is 6.92 Å². The molecule has 5 heteroatoms. The molecule has 0 bridgehead atoms. The van der Waals surface area contributed by atoms with Gasteiger partial charge in [-0.25, -0.2) is 0 Å². The van der Waals surface area contributed by atoms with Crippen molar-refractivity contribution in [1.29, 1.82) is 0 Å². The van der Waals surface area contributed by atoms with Gasteiger partial charge in [-0.3, -0.25) is 0 Å². The number of hydrogen-bond donors (Lipinski definition) is 0. The summed E-state index contributed by atoms with van der Waals surface area (Å²) in [5.74, 6) is 0. The van der Waals surface area contributed by atoms with Gasteiger partial charge in [0.05, 0.1) is 46.2 Å². The van der Waals surface area contributed by atoms with Gasteiger partial charge >= 0.3 is 0 Å². The van der Waals surface area contributed by atoms with Crippen molar-refractivity contribution in [2.24, 2.45) is 0 Å². The van der Waals surface area contributed by atoms with Gasteiger partial charge in [-0.1, -0.05) is 0 Å². The van der Waals surface area contributed by atoms with E-state index in [-0.39, 0.29) is 0 Å². The van der Waals surface area contributed by atoms with E-state index < -0.39 is 0 Å². The fourth-order valence-electron chi connectivity index (χ4n) is 1.05. The fraction of sp³-hybridized carbons (Fsp3) is 1.00. The second-order valence-electron chi connectivity index (χ2n) is 3.84. The maximum atomic E-state index is 5.38. The Hall–Kier alpha value is -0.200. The van der Waals surface area contributed by atoms with Crippen molar-refractivity contribution in [2.75, 3.05) is 73.5 Å². The molecular formula is C12H27NO4. The van der Waals surface area contributed by atoms with Gasteiger partial charge in [0.2, 0.25) is 0 Å². The van der Waals surface area contributed by atoms with Gasteiger partial charge in [-0.2, -0.15) is 0 Å². The zero-order valence-corrected chi connectivity index (χ0v) is 11.4. The van der Waals surface area contributed by atoms with E-state index in [1.807, 2.05) is 21.0 Å². The average molecular weight is 249 g/mol. The van der Waals surface area contributed by atoms with Crippen LogP contribution < -0.4 is 0 Å². The summed E-state index contributed by atoms with van der Waals surface area (Å²) in [4.78, 5) is 2.09. The van der Waals surface area contributed by atoms with Crippen LogP contribution >= 0.6 is 0 Å². The summed E-state index contributed by atoms with van der Waals surface area (Å²) in [6, 6.07) is 0. The van der Waals surface area contributed by atoms with Gasteiger partial charge in [0.25, 0.3) is 0 Å². The summed E-state index contributed by atoms with van der Waals surface area (Å²) in [7, 11) is 4.05. The smallest absolute Gasteiger partial charge is 0.0701 e. The first-order valence-corrected chi connectivity index (χ1v) is 6.23. The predicted octanol–water partition coefficient (Wildman–Crippen LogP) is 0.634. The maximum absolute atomic E-state index is 5.38. The highest BCUT2D eigenvalue weighted by molar-refractivity contribution is 4.40. The number of nitrogens with zero attached hydrogens (tertiary/aromatic N) is 1. The summed E-state index contributed by atoms with van der Waals surface area (Å²) in [6.07, 6.45) is 0. The lowest BCUT2D eigenvalue weighted by atomic mass is 10.6. The minimum absolute atomic E-state index is 0.614. The van der Waals surface area contributed by atoms with E-state index in [9.17, 15) is 0 Å². The molecule has 0 saturated heterocycles. The van der Waals surface area contributed by atoms with E-state index in [1.165, 1.54) is 0 Å². The summed E-state index contributed by atoms with van der Waals surface area (Å²) < 4.78 is 21.2. The maximum Gasteiger partial charge on any atom is 0.0701 e. The highest BCUT2D eigenvalue weighted by atomic mass is 16.6. The molecule has 104 valence electrons. The van der Waals surface area contributed by atoms with Crippen molar-refractivity contribution < 1.29 is 18.9 Å². The normalized spacial score (nSPS) is 11.3. The highest BCUT2D eigenvalue weighted by Gasteiger charge is 1.93. The molecule has 0 heterocycles. The van der Waals surface area contributed by atoms with E-state index in [0.29, 0.717) is 39.6 Å². The van der Waals surface area contributed by atoms with E-state index >= 15 is 0 Å². The van der Waals surface area contributed by atoms with Gasteiger partial charge in [-0.05, 0) is 21.0 Å². The molecule has 0 aromatic rings. The minimum atomic E-state index is 0.614. The first-order valence-electron chi connectivity index (χ1n) is 6.23. The SMILES string of the molecule is CCOCCOCCOCCOCCN(C)C. The lowest BCUT2D eigenvalue weighted by Gasteiger charge is -2.10. The second kappa shape index (κ2) is 13.9. The van der Waals surface area contributed by atoms with Gasteiger partial charge in [0, 0.05) is 13.2 Å². The molecular weight excluding hydrogens is 222 g/mol. The molecule has 0 aliphatic heterocycles. The van der Waals surface area contributed by atoms with Gasteiger partial charge in [0.1, 0.15) is 0 Å². The highest BCUT2D eigenvalue weighted by Crippen LogP contribution is 1.83. The summed E-state index contributed by atoms with van der Waals surface area (Å²) in [5, 5.41) is 0. The largest absolute Gasteiger partial charge is 0.379 e. The zero-order valence-electron chi connectivity index (χ0n) is 11.4. The number of likely N-dealkylation sites (N-methyl/N-ethyl adjacent to an activating group) is 1. The third-order valence-corrected chi connectivity index (χ3v) is 2.00. The number of ether oxygens (including phenoxy) is 4. The first kappa shape index (κ1) is 16.8. The van der Waals surface area contributed by atoms with Crippen LogP contribution in [0.25, 0.3) is 0 Å². The first-order chi connectivity index (χ1) is 8.27. The fourth-order valence-corrected chi connectivity index (χ4v) is 1.05. The van der Waals surface area contributed by atoms with Crippen LogP contribution in [0.2, 0.25) is 0 Å². The van der Waals surface area contributed by atoms with Crippen molar-refractivity contribution in [3.05, 3.63) is 0 Å². The summed E-state index contributed by atoms with van der Waals surface area (Å²) in [5.41, 5.74) is 0. The zero-order chi connectivity index (χ0) is 12.8. The topological polar surface area (TPSA) is 40.2 Å². The van der Waals surface area contributed by atoms with E-state index in [4.69, 9.17) is 18.9 Å². The van der Waals surface area contributed by atoms with Gasteiger partial charge in [-0.15, -0.1) is 0 Å². The van der Waals surface area contributed by atoms with Crippen LogP contribution in [0.5, 0.6) is 0 Å². The van der Waals surface area contributed by atoms with Crippen LogP contribution in [0.3, 0.4) is 0 Å². The van der Waals surface area contributed by atoms with Crippen LogP contribution in [0.4, 0.5) is 0 Å². The molecule has 17 heavy (non-hydrogen) atoms. The average Bonchev–Trinajstić information content (AvgIpc) is 2.30. The Bertz CT molecular complexity index is 144. The molecule has 0 rings (SSSR count). The standard InChI is InChI=1S/C12H27NO4/c1-4-14-7-8-16-11-12-17-10-9-15-6-5-13(2)3/h4-12H2,1-3H3. The van der Waals surface area contributed by atoms with Crippen LogP contribution in [0.15, 0.2) is 0 Å². The van der Waals surface area contributed by atoms with Crippen molar-refractivity contribution >= 4 is 0 Å². The molecule has 0 spiro atoms. The molecule has 0 N–H and O–H groups in total. The van der Waals surface area contributed by atoms with Crippen LogP contribution in [0, 0.1) is 0 Å². The molecule has 0 fully saturated rings. The lowest BCUT2D eigenvalue weighted by molar-refractivity contribution is -0.00167. The van der Waals surface area contributed by atoms with E-state index in [2.05, 4.69) is 4.90 Å². The molecule has 0 aromatic heterocycles. The van der Waals surface area contributed by atoms with Crippen molar-refractivity contribution in [1.82, 2.24) is 4.90 Å². The second-order valence-corrected chi connectivity index (χ2v) is 3.84. The summed E-state index contributed by atoms with van der Waals surface area (Å²) >= 11 is 0. The van der Waals surface area contributed by atoms with Crippen LogP contribution in [-0.2, 0) is 18.9 Å². The molecule has 0 radical (unpaired) electrons. The number of hydrogen-bond acceptors (Lipinski definition) is 5. The monoisotopic (exact) mass is 249 g/mol. The Labute approximate surface area is 105 Å². The summed E-state index contributed by atoms with van der Waals surface area (Å²) in [6.45, 7) is 8.20. The van der Waals surface area contributed by atoms with E-state index in [0.717, 1.165) is 19.8 Å². The van der Waals surface area contributed by atoms with Crippen LogP contribution in [-0.4, -0.2) is 78.4 Å². The Morgan fingerprint density at radius 1 is 0.647 bits per heavy atom. The lowest BCUT2D eigenvalue weighted by Crippen LogP contribution is -2.19. The molecule has 0 aliphatic carbocycles. The third-order valence-electron chi connectivity index (χ3n) is 2.00. The Kier molecular flexibility index (Phi) is 13.7. The minimum Gasteiger partial charge on any atom is -0.379 e. The molecule has 0 aromatic carbocycles. The van der Waals surface area contributed by atoms with Crippen molar-refractivity contribution in [3.63, 3.8) is 0 Å². The number of rotatable bonds is 13. The molecule has 0 aliphatic rings. The van der Waals surface area contributed by atoms with Gasteiger partial charge < -0.3 is 23.8 Å². The Morgan fingerprint density at radius 2 is 1.06 bits per heavy atom. The third kappa shape index (κ3) is 15.8. The molecule has 0 unspecified atom stereocenters. The Morgan fingerprint density at radius 3 is 1.47 bits per heavy atom. The quantitative estimate of drug-likeness (QED) is 0.448. The molecule has 5 nitrogen and oxygen atoms in total. The molecule has 0 saturated carbocycles. The van der Waals surface area contributed by atoms with E-state index in [1.54, 1.807) is 0 Å². The van der Waals surface area contributed by atoms with Crippen molar-refractivity contribution in [3.8, 4) is 0 Å². The van der Waals surface area contributed by atoms with Gasteiger partial charge in [0.15, 0.2) is 0 Å². The predicted molar refractivity (Wildman–Crippen MR) is 67.5 cm³/mol. The molecule has 0 amide bonds. The van der Waals surface area contributed by atoms with Crippen LogP contribution in [0.1, 0.15) is 6.92 Å².